The number of rotatable bonds is 5. The van der Waals surface area contributed by atoms with Crippen LogP contribution in [-0.2, 0) is 0 Å². The second-order valence-electron chi connectivity index (χ2n) is 5.21. The molecule has 1 aliphatic rings. The highest BCUT2D eigenvalue weighted by atomic mass is 16.5. The molecule has 100 valence electrons. The Labute approximate surface area is 109 Å². The third-order valence-corrected chi connectivity index (χ3v) is 3.97. The zero-order valence-corrected chi connectivity index (χ0v) is 11.1. The van der Waals surface area contributed by atoms with E-state index in [9.17, 15) is 5.11 Å². The molecule has 0 radical (unpaired) electrons. The molecule has 1 atom stereocenters. The maximum absolute atomic E-state index is 10.3. The summed E-state index contributed by atoms with van der Waals surface area (Å²) in [6.07, 6.45) is 11.7. The van der Waals surface area contributed by atoms with E-state index >= 15 is 0 Å². The summed E-state index contributed by atoms with van der Waals surface area (Å²) in [5, 5.41) is 10.3. The predicted molar refractivity (Wildman–Crippen MR) is 71.6 cm³/mol. The molecule has 1 heterocycles. The fraction of sp³-hybridized carbons (Fsp3) is 0.667. The van der Waals surface area contributed by atoms with Gasteiger partial charge in [-0.25, -0.2) is 0 Å². The minimum atomic E-state index is -0.426. The lowest BCUT2D eigenvalue weighted by atomic mass is 9.85. The predicted octanol–water partition coefficient (Wildman–Crippen LogP) is 3.48. The van der Waals surface area contributed by atoms with Gasteiger partial charge in [0.1, 0.15) is 5.75 Å². The van der Waals surface area contributed by atoms with Gasteiger partial charge in [-0.05, 0) is 24.8 Å². The van der Waals surface area contributed by atoms with Crippen LogP contribution in [0.5, 0.6) is 5.75 Å². The summed E-state index contributed by atoms with van der Waals surface area (Å²) < 4.78 is 5.24. The van der Waals surface area contributed by atoms with E-state index in [-0.39, 0.29) is 0 Å². The van der Waals surface area contributed by atoms with Gasteiger partial charge in [-0.2, -0.15) is 0 Å². The molecule has 18 heavy (non-hydrogen) atoms. The van der Waals surface area contributed by atoms with Gasteiger partial charge in [0.05, 0.1) is 19.4 Å². The summed E-state index contributed by atoms with van der Waals surface area (Å²) in [6.45, 7) is 0. The molecular formula is C15H23NO2. The van der Waals surface area contributed by atoms with Crippen molar-refractivity contribution >= 4 is 0 Å². The minimum Gasteiger partial charge on any atom is -0.495 e. The van der Waals surface area contributed by atoms with E-state index in [1.54, 1.807) is 19.5 Å². The number of ether oxygens (including phenoxy) is 1. The average molecular weight is 249 g/mol. The zero-order valence-electron chi connectivity index (χ0n) is 11.1. The zero-order chi connectivity index (χ0) is 12.8. The first kappa shape index (κ1) is 13.3. The van der Waals surface area contributed by atoms with Crippen LogP contribution in [0.15, 0.2) is 18.5 Å². The molecule has 0 bridgehead atoms. The molecule has 2 rings (SSSR count). The topological polar surface area (TPSA) is 42.4 Å². The van der Waals surface area contributed by atoms with Crippen molar-refractivity contribution in [2.75, 3.05) is 7.11 Å². The number of hydrogen-bond acceptors (Lipinski definition) is 3. The number of methoxy groups -OCH3 is 1. The molecule has 0 aliphatic heterocycles. The molecule has 1 aromatic heterocycles. The van der Waals surface area contributed by atoms with Gasteiger partial charge in [0.15, 0.2) is 0 Å². The van der Waals surface area contributed by atoms with Crippen molar-refractivity contribution in [3.05, 3.63) is 24.0 Å². The van der Waals surface area contributed by atoms with Crippen molar-refractivity contribution in [3.63, 3.8) is 0 Å². The van der Waals surface area contributed by atoms with Crippen LogP contribution in [0.3, 0.4) is 0 Å². The van der Waals surface area contributed by atoms with Crippen LogP contribution < -0.4 is 4.74 Å². The monoisotopic (exact) mass is 249 g/mol. The van der Waals surface area contributed by atoms with Crippen LogP contribution in [-0.4, -0.2) is 17.2 Å². The van der Waals surface area contributed by atoms with Crippen LogP contribution >= 0.6 is 0 Å². The summed E-state index contributed by atoms with van der Waals surface area (Å²) in [4.78, 5) is 4.01. The standard InChI is InChI=1S/C15H23NO2/c1-18-15-11-16-10-9-13(15)14(17)8-7-12-5-3-2-4-6-12/h9-12,14,17H,2-8H2,1H3. The molecular weight excluding hydrogens is 226 g/mol. The molecule has 0 spiro atoms. The fourth-order valence-electron chi connectivity index (χ4n) is 2.86. The average Bonchev–Trinajstić information content (AvgIpc) is 2.45. The Balaban J connectivity index is 1.88. The van der Waals surface area contributed by atoms with Crippen molar-refractivity contribution in [3.8, 4) is 5.75 Å². The van der Waals surface area contributed by atoms with Gasteiger partial charge in [-0.15, -0.1) is 0 Å². The number of nitrogens with zero attached hydrogens (tertiary/aromatic N) is 1. The number of aliphatic hydroxyl groups is 1. The summed E-state index contributed by atoms with van der Waals surface area (Å²) in [6, 6.07) is 1.85. The number of hydrogen-bond donors (Lipinski definition) is 1. The van der Waals surface area contributed by atoms with E-state index in [2.05, 4.69) is 4.98 Å². The van der Waals surface area contributed by atoms with Crippen molar-refractivity contribution in [1.29, 1.82) is 0 Å². The van der Waals surface area contributed by atoms with Gasteiger partial charge >= 0.3 is 0 Å². The van der Waals surface area contributed by atoms with Crippen molar-refractivity contribution in [2.24, 2.45) is 5.92 Å². The van der Waals surface area contributed by atoms with Gasteiger partial charge in [0.2, 0.25) is 0 Å². The Morgan fingerprint density at radius 1 is 1.39 bits per heavy atom. The summed E-state index contributed by atoms with van der Waals surface area (Å²) in [5.74, 6) is 1.50. The van der Waals surface area contributed by atoms with Gasteiger partial charge in [0, 0.05) is 11.8 Å². The summed E-state index contributed by atoms with van der Waals surface area (Å²) in [7, 11) is 1.62. The number of aromatic nitrogens is 1. The second-order valence-corrected chi connectivity index (χ2v) is 5.21. The van der Waals surface area contributed by atoms with Gasteiger partial charge in [0.25, 0.3) is 0 Å². The van der Waals surface area contributed by atoms with Gasteiger partial charge in [-0.1, -0.05) is 32.1 Å². The molecule has 0 saturated heterocycles. The van der Waals surface area contributed by atoms with Crippen LogP contribution in [0, 0.1) is 5.92 Å². The first-order valence-corrected chi connectivity index (χ1v) is 6.97. The van der Waals surface area contributed by atoms with Crippen molar-refractivity contribution in [1.82, 2.24) is 4.98 Å². The van der Waals surface area contributed by atoms with E-state index in [0.29, 0.717) is 5.75 Å². The molecule has 0 aromatic carbocycles. The van der Waals surface area contributed by atoms with E-state index in [1.165, 1.54) is 32.1 Å². The smallest absolute Gasteiger partial charge is 0.142 e. The minimum absolute atomic E-state index is 0.426. The van der Waals surface area contributed by atoms with E-state index in [0.717, 1.165) is 24.3 Å². The highest BCUT2D eigenvalue weighted by Gasteiger charge is 2.17. The van der Waals surface area contributed by atoms with Crippen molar-refractivity contribution < 1.29 is 9.84 Å². The Hall–Kier alpha value is -1.09. The Morgan fingerprint density at radius 3 is 2.89 bits per heavy atom. The largest absolute Gasteiger partial charge is 0.495 e. The highest BCUT2D eigenvalue weighted by Crippen LogP contribution is 2.32. The molecule has 1 N–H and O–H groups in total. The normalized spacial score (nSPS) is 18.6. The lowest BCUT2D eigenvalue weighted by Crippen LogP contribution is -2.09. The molecule has 3 nitrogen and oxygen atoms in total. The maximum Gasteiger partial charge on any atom is 0.142 e. The molecule has 1 aliphatic carbocycles. The first-order chi connectivity index (χ1) is 8.81. The number of aliphatic hydroxyl groups excluding tert-OH is 1. The van der Waals surface area contributed by atoms with Crippen molar-refractivity contribution in [2.45, 2.75) is 51.0 Å². The maximum atomic E-state index is 10.3. The number of pyridine rings is 1. The lowest BCUT2D eigenvalue weighted by molar-refractivity contribution is 0.147. The summed E-state index contributed by atoms with van der Waals surface area (Å²) >= 11 is 0. The third-order valence-electron chi connectivity index (χ3n) is 3.97. The Bertz CT molecular complexity index is 361. The van der Waals surface area contributed by atoms with E-state index < -0.39 is 6.10 Å². The van der Waals surface area contributed by atoms with Crippen LogP contribution in [0.4, 0.5) is 0 Å². The van der Waals surface area contributed by atoms with Crippen LogP contribution in [0.1, 0.15) is 56.6 Å². The Kier molecular flexibility index (Phi) is 5.00. The quantitative estimate of drug-likeness (QED) is 0.868. The SMILES string of the molecule is COc1cnccc1C(O)CCC1CCCCC1. The van der Waals surface area contributed by atoms with Gasteiger partial charge < -0.3 is 9.84 Å². The lowest BCUT2D eigenvalue weighted by Gasteiger charge is -2.23. The van der Waals surface area contributed by atoms with Gasteiger partial charge in [-0.3, -0.25) is 4.98 Å². The van der Waals surface area contributed by atoms with E-state index in [1.807, 2.05) is 6.07 Å². The first-order valence-electron chi connectivity index (χ1n) is 6.97. The molecule has 1 saturated carbocycles. The van der Waals surface area contributed by atoms with Crippen LogP contribution in [0.2, 0.25) is 0 Å². The molecule has 1 unspecified atom stereocenters. The molecule has 1 aromatic rings. The Morgan fingerprint density at radius 2 is 2.17 bits per heavy atom. The third kappa shape index (κ3) is 3.45. The molecule has 0 amide bonds. The fourth-order valence-corrected chi connectivity index (χ4v) is 2.86. The molecule has 1 fully saturated rings. The summed E-state index contributed by atoms with van der Waals surface area (Å²) in [5.41, 5.74) is 0.864. The van der Waals surface area contributed by atoms with E-state index in [4.69, 9.17) is 4.74 Å². The van der Waals surface area contributed by atoms with Crippen LogP contribution in [0.25, 0.3) is 0 Å². The second kappa shape index (κ2) is 6.74. The highest BCUT2D eigenvalue weighted by molar-refractivity contribution is 5.31. The molecule has 3 heteroatoms.